The summed E-state index contributed by atoms with van der Waals surface area (Å²) in [5, 5.41) is 11.5. The second kappa shape index (κ2) is 5.00. The van der Waals surface area contributed by atoms with Crippen LogP contribution < -0.4 is 5.73 Å². The molecule has 3 rings (SSSR count). The third-order valence-corrected chi connectivity index (χ3v) is 4.89. The Kier molecular flexibility index (Phi) is 3.35. The summed E-state index contributed by atoms with van der Waals surface area (Å²) in [4.78, 5) is 16.5. The van der Waals surface area contributed by atoms with Gasteiger partial charge in [0.15, 0.2) is 5.84 Å². The summed E-state index contributed by atoms with van der Waals surface area (Å²) in [7, 11) is 0. The quantitative estimate of drug-likeness (QED) is 0.324. The topological polar surface area (TPSA) is 82.2 Å². The Hall–Kier alpha value is -1.30. The average molecular weight is 266 g/mol. The third kappa shape index (κ3) is 2.41. The molecule has 2 saturated carbocycles. The minimum atomic E-state index is 0.233. The van der Waals surface area contributed by atoms with Crippen molar-refractivity contribution in [3.05, 3.63) is 0 Å². The van der Waals surface area contributed by atoms with Crippen molar-refractivity contribution < 1.29 is 10.0 Å². The monoisotopic (exact) mass is 266 g/mol. The fraction of sp³-hybridized carbons (Fsp3) is 0.846. The standard InChI is InChI=1S/C13H22N4O2/c14-11(15-19)8-16-4-6-17(7-5-16)13(18)12-9-2-1-3-10(9)12/h9-10,12,19H,1-8H2,(H2,14,15). The first kappa shape index (κ1) is 12.7. The minimum Gasteiger partial charge on any atom is -0.409 e. The van der Waals surface area contributed by atoms with Gasteiger partial charge in [0.1, 0.15) is 0 Å². The molecule has 106 valence electrons. The molecule has 1 saturated heterocycles. The number of nitrogens with two attached hydrogens (primary N) is 1. The lowest BCUT2D eigenvalue weighted by Gasteiger charge is -2.34. The van der Waals surface area contributed by atoms with Gasteiger partial charge in [-0.1, -0.05) is 11.6 Å². The van der Waals surface area contributed by atoms with Gasteiger partial charge in [0, 0.05) is 32.1 Å². The Labute approximate surface area is 113 Å². The summed E-state index contributed by atoms with van der Waals surface area (Å²) in [5.41, 5.74) is 5.50. The lowest BCUT2D eigenvalue weighted by atomic mass is 10.1. The fourth-order valence-corrected chi connectivity index (χ4v) is 3.79. The van der Waals surface area contributed by atoms with Crippen molar-refractivity contribution in [1.82, 2.24) is 9.80 Å². The Balaban J connectivity index is 1.46. The van der Waals surface area contributed by atoms with Crippen LogP contribution in [0.25, 0.3) is 0 Å². The summed E-state index contributed by atoms with van der Waals surface area (Å²) in [5.74, 6) is 2.34. The first-order valence-electron chi connectivity index (χ1n) is 7.18. The van der Waals surface area contributed by atoms with E-state index >= 15 is 0 Å². The predicted molar refractivity (Wildman–Crippen MR) is 70.7 cm³/mol. The highest BCUT2D eigenvalue weighted by Gasteiger charge is 2.57. The smallest absolute Gasteiger partial charge is 0.226 e. The van der Waals surface area contributed by atoms with Crippen LogP contribution in [0.15, 0.2) is 5.16 Å². The molecule has 2 aliphatic carbocycles. The summed E-state index contributed by atoms with van der Waals surface area (Å²) < 4.78 is 0. The van der Waals surface area contributed by atoms with Gasteiger partial charge in [0.05, 0.1) is 6.54 Å². The molecule has 1 heterocycles. The van der Waals surface area contributed by atoms with Crippen LogP contribution >= 0.6 is 0 Å². The van der Waals surface area contributed by atoms with E-state index in [1.807, 2.05) is 4.90 Å². The average Bonchev–Trinajstić information content (AvgIpc) is 2.91. The van der Waals surface area contributed by atoms with Gasteiger partial charge in [-0.2, -0.15) is 0 Å². The van der Waals surface area contributed by atoms with Gasteiger partial charge < -0.3 is 15.8 Å². The summed E-state index contributed by atoms with van der Waals surface area (Å²) >= 11 is 0. The molecule has 0 bridgehead atoms. The number of amides is 1. The van der Waals surface area contributed by atoms with Gasteiger partial charge in [-0.25, -0.2) is 0 Å². The lowest BCUT2D eigenvalue weighted by molar-refractivity contribution is -0.135. The molecular formula is C13H22N4O2. The molecule has 0 radical (unpaired) electrons. The van der Waals surface area contributed by atoms with E-state index in [-0.39, 0.29) is 5.84 Å². The van der Waals surface area contributed by atoms with Crippen molar-refractivity contribution in [3.8, 4) is 0 Å². The van der Waals surface area contributed by atoms with Crippen LogP contribution in [0.3, 0.4) is 0 Å². The lowest BCUT2D eigenvalue weighted by Crippen LogP contribution is -2.51. The van der Waals surface area contributed by atoms with Crippen LogP contribution in [-0.4, -0.2) is 59.5 Å². The van der Waals surface area contributed by atoms with Crippen molar-refractivity contribution in [1.29, 1.82) is 0 Å². The number of carbonyl (C=O) groups is 1. The zero-order valence-corrected chi connectivity index (χ0v) is 11.2. The Morgan fingerprint density at radius 2 is 1.84 bits per heavy atom. The van der Waals surface area contributed by atoms with E-state index in [4.69, 9.17) is 10.9 Å². The first-order valence-corrected chi connectivity index (χ1v) is 7.18. The zero-order chi connectivity index (χ0) is 13.4. The van der Waals surface area contributed by atoms with Crippen LogP contribution in [0.4, 0.5) is 0 Å². The molecule has 3 N–H and O–H groups in total. The van der Waals surface area contributed by atoms with E-state index in [0.717, 1.165) is 26.2 Å². The van der Waals surface area contributed by atoms with E-state index in [1.165, 1.54) is 19.3 Å². The van der Waals surface area contributed by atoms with Crippen LogP contribution in [0.5, 0.6) is 0 Å². The van der Waals surface area contributed by atoms with Crippen molar-refractivity contribution in [2.45, 2.75) is 19.3 Å². The molecule has 0 aromatic carbocycles. The fourth-order valence-electron chi connectivity index (χ4n) is 3.79. The number of piperazine rings is 1. The van der Waals surface area contributed by atoms with Gasteiger partial charge in [-0.3, -0.25) is 9.69 Å². The van der Waals surface area contributed by atoms with E-state index in [2.05, 4.69) is 10.1 Å². The van der Waals surface area contributed by atoms with Gasteiger partial charge in [-0.05, 0) is 24.7 Å². The zero-order valence-electron chi connectivity index (χ0n) is 11.2. The minimum absolute atomic E-state index is 0.233. The first-order chi connectivity index (χ1) is 9.20. The molecule has 2 unspecified atom stereocenters. The van der Waals surface area contributed by atoms with Gasteiger partial charge >= 0.3 is 0 Å². The molecule has 1 amide bonds. The maximum atomic E-state index is 12.4. The van der Waals surface area contributed by atoms with Crippen molar-refractivity contribution in [2.24, 2.45) is 28.6 Å². The van der Waals surface area contributed by atoms with E-state index in [9.17, 15) is 4.79 Å². The number of hydrogen-bond acceptors (Lipinski definition) is 4. The molecule has 6 nitrogen and oxygen atoms in total. The predicted octanol–water partition coefficient (Wildman–Crippen LogP) is -0.0769. The SMILES string of the molecule is NC(CN1CCN(C(=O)C2C3CCCC32)CC1)=NO. The molecule has 6 heteroatoms. The van der Waals surface area contributed by atoms with Crippen LogP contribution in [0, 0.1) is 17.8 Å². The molecule has 0 spiro atoms. The molecule has 0 aromatic rings. The molecule has 3 fully saturated rings. The molecule has 3 aliphatic rings. The summed E-state index contributed by atoms with van der Waals surface area (Å²) in [6.45, 7) is 3.64. The van der Waals surface area contributed by atoms with Gasteiger partial charge in [-0.15, -0.1) is 0 Å². The van der Waals surface area contributed by atoms with Crippen molar-refractivity contribution in [3.63, 3.8) is 0 Å². The summed E-state index contributed by atoms with van der Waals surface area (Å²) in [6, 6.07) is 0. The molecule has 0 aromatic heterocycles. The van der Waals surface area contributed by atoms with Gasteiger partial charge in [0.25, 0.3) is 0 Å². The highest BCUT2D eigenvalue weighted by atomic mass is 16.4. The second-order valence-electron chi connectivity index (χ2n) is 5.98. The maximum Gasteiger partial charge on any atom is 0.226 e. The number of hydrogen-bond donors (Lipinski definition) is 2. The van der Waals surface area contributed by atoms with Crippen molar-refractivity contribution in [2.75, 3.05) is 32.7 Å². The number of rotatable bonds is 3. The van der Waals surface area contributed by atoms with E-state index in [1.54, 1.807) is 0 Å². The van der Waals surface area contributed by atoms with E-state index in [0.29, 0.717) is 30.2 Å². The van der Waals surface area contributed by atoms with Crippen LogP contribution in [0.1, 0.15) is 19.3 Å². The third-order valence-electron chi connectivity index (χ3n) is 4.89. The number of fused-ring (bicyclic) bond motifs is 1. The Morgan fingerprint density at radius 1 is 1.21 bits per heavy atom. The van der Waals surface area contributed by atoms with Gasteiger partial charge in [0.2, 0.25) is 5.91 Å². The number of nitrogens with zero attached hydrogens (tertiary/aromatic N) is 3. The summed E-state index contributed by atoms with van der Waals surface area (Å²) in [6.07, 6.45) is 3.82. The van der Waals surface area contributed by atoms with Crippen LogP contribution in [-0.2, 0) is 4.79 Å². The molecule has 2 atom stereocenters. The highest BCUT2D eigenvalue weighted by molar-refractivity contribution is 5.83. The molecular weight excluding hydrogens is 244 g/mol. The molecule has 1 aliphatic heterocycles. The Bertz CT molecular complexity index is 380. The van der Waals surface area contributed by atoms with Crippen molar-refractivity contribution >= 4 is 11.7 Å². The largest absolute Gasteiger partial charge is 0.409 e. The van der Waals surface area contributed by atoms with Crippen LogP contribution in [0.2, 0.25) is 0 Å². The number of carbonyl (C=O) groups excluding carboxylic acids is 1. The second-order valence-corrected chi connectivity index (χ2v) is 5.98. The Morgan fingerprint density at radius 3 is 2.42 bits per heavy atom. The number of amidine groups is 1. The van der Waals surface area contributed by atoms with E-state index < -0.39 is 0 Å². The normalized spacial score (nSPS) is 35.3. The molecule has 19 heavy (non-hydrogen) atoms. The number of oxime groups is 1. The maximum absolute atomic E-state index is 12.4. The highest BCUT2D eigenvalue weighted by Crippen LogP contribution is 2.58.